The van der Waals surface area contributed by atoms with E-state index in [1.165, 1.54) is 0 Å². The zero-order chi connectivity index (χ0) is 15.6. The Morgan fingerprint density at radius 1 is 1.00 bits per heavy atom. The molecule has 2 rings (SSSR count). The van der Waals surface area contributed by atoms with Gasteiger partial charge in [0, 0.05) is 6.07 Å². The van der Waals surface area contributed by atoms with Crippen LogP contribution in [0, 0.1) is 11.6 Å². The third-order valence-corrected chi connectivity index (χ3v) is 2.66. The number of anilines is 1. The van der Waals surface area contributed by atoms with Crippen LogP contribution in [0.4, 0.5) is 14.5 Å². The van der Waals surface area contributed by atoms with Crippen LogP contribution in [0.1, 0.15) is 20.7 Å². The van der Waals surface area contributed by atoms with Crippen molar-refractivity contribution in [3.8, 4) is 5.75 Å². The second-order valence-electron chi connectivity index (χ2n) is 4.11. The molecule has 0 radical (unpaired) electrons. The van der Waals surface area contributed by atoms with Crippen molar-refractivity contribution in [2.24, 2.45) is 0 Å². The number of carbonyl (C=O) groups excluding carboxylic acids is 1. The zero-order valence-electron chi connectivity index (χ0n) is 10.4. The molecule has 2 aromatic rings. The molecule has 0 aliphatic rings. The van der Waals surface area contributed by atoms with Crippen molar-refractivity contribution in [1.29, 1.82) is 0 Å². The van der Waals surface area contributed by atoms with Crippen LogP contribution in [-0.2, 0) is 0 Å². The molecule has 0 atom stereocenters. The van der Waals surface area contributed by atoms with Crippen LogP contribution in [-0.4, -0.2) is 22.1 Å². The van der Waals surface area contributed by atoms with E-state index in [0.29, 0.717) is 0 Å². The molecule has 0 unspecified atom stereocenters. The first-order valence-corrected chi connectivity index (χ1v) is 5.71. The second-order valence-corrected chi connectivity index (χ2v) is 4.11. The standard InChI is InChI=1S/C14H9F2NO4/c15-7-1-3-10(14(20)21)12(5-7)17-13(19)9-4-2-8(18)6-11(9)16/h1-6,18H,(H,17,19)(H,20,21). The van der Waals surface area contributed by atoms with Gasteiger partial charge in [-0.2, -0.15) is 0 Å². The first-order valence-electron chi connectivity index (χ1n) is 5.71. The van der Waals surface area contributed by atoms with Gasteiger partial charge in [-0.15, -0.1) is 0 Å². The molecule has 0 heterocycles. The van der Waals surface area contributed by atoms with E-state index in [9.17, 15) is 18.4 Å². The minimum absolute atomic E-state index is 0.292. The third kappa shape index (κ3) is 3.14. The first kappa shape index (κ1) is 14.4. The predicted molar refractivity (Wildman–Crippen MR) is 69.4 cm³/mol. The van der Waals surface area contributed by atoms with E-state index in [1.807, 2.05) is 0 Å². The molecule has 0 aliphatic carbocycles. The maximum Gasteiger partial charge on any atom is 0.337 e. The minimum Gasteiger partial charge on any atom is -0.508 e. The Morgan fingerprint density at radius 2 is 1.67 bits per heavy atom. The number of aromatic carboxylic acids is 1. The fraction of sp³-hybridized carbons (Fsp3) is 0. The number of amides is 1. The highest BCUT2D eigenvalue weighted by atomic mass is 19.1. The summed E-state index contributed by atoms with van der Waals surface area (Å²) in [4.78, 5) is 22.9. The Kier molecular flexibility index (Phi) is 3.84. The van der Waals surface area contributed by atoms with Crippen LogP contribution in [0.2, 0.25) is 0 Å². The summed E-state index contributed by atoms with van der Waals surface area (Å²) < 4.78 is 26.7. The molecule has 108 valence electrons. The van der Waals surface area contributed by atoms with Crippen molar-refractivity contribution in [3.05, 3.63) is 59.2 Å². The summed E-state index contributed by atoms with van der Waals surface area (Å²) in [6, 6.07) is 5.60. The highest BCUT2D eigenvalue weighted by Crippen LogP contribution is 2.20. The topological polar surface area (TPSA) is 86.6 Å². The van der Waals surface area contributed by atoms with Gasteiger partial charge in [0.1, 0.15) is 17.4 Å². The summed E-state index contributed by atoms with van der Waals surface area (Å²) in [5, 5.41) is 20.1. The van der Waals surface area contributed by atoms with Crippen LogP contribution in [0.15, 0.2) is 36.4 Å². The number of halogens is 2. The second kappa shape index (κ2) is 5.58. The number of phenolic OH excluding ortho intramolecular Hbond substituents is 1. The number of hydrogen-bond donors (Lipinski definition) is 3. The summed E-state index contributed by atoms with van der Waals surface area (Å²) in [6.07, 6.45) is 0. The first-order chi connectivity index (χ1) is 9.88. The Morgan fingerprint density at radius 3 is 2.29 bits per heavy atom. The Bertz CT molecular complexity index is 731. The van der Waals surface area contributed by atoms with Crippen molar-refractivity contribution < 1.29 is 28.6 Å². The van der Waals surface area contributed by atoms with E-state index in [4.69, 9.17) is 10.2 Å². The molecule has 0 aromatic heterocycles. The molecule has 0 fully saturated rings. The van der Waals surface area contributed by atoms with E-state index in [-0.39, 0.29) is 17.0 Å². The molecule has 0 spiro atoms. The van der Waals surface area contributed by atoms with Crippen molar-refractivity contribution in [3.63, 3.8) is 0 Å². The van der Waals surface area contributed by atoms with Gasteiger partial charge in [-0.05, 0) is 30.3 Å². The quantitative estimate of drug-likeness (QED) is 0.812. The maximum absolute atomic E-state index is 13.5. The third-order valence-electron chi connectivity index (χ3n) is 2.66. The van der Waals surface area contributed by atoms with Crippen LogP contribution in [0.25, 0.3) is 0 Å². The van der Waals surface area contributed by atoms with E-state index in [0.717, 1.165) is 36.4 Å². The fourth-order valence-corrected chi connectivity index (χ4v) is 1.68. The lowest BCUT2D eigenvalue weighted by molar-refractivity contribution is 0.0698. The number of hydrogen-bond acceptors (Lipinski definition) is 3. The van der Waals surface area contributed by atoms with Crippen molar-refractivity contribution in [2.75, 3.05) is 5.32 Å². The summed E-state index contributed by atoms with van der Waals surface area (Å²) in [7, 11) is 0. The van der Waals surface area contributed by atoms with Gasteiger partial charge in [0.15, 0.2) is 0 Å². The number of phenols is 1. The molecule has 0 saturated carbocycles. The normalized spacial score (nSPS) is 10.2. The summed E-state index contributed by atoms with van der Waals surface area (Å²) in [6.45, 7) is 0. The lowest BCUT2D eigenvalue weighted by Crippen LogP contribution is -2.16. The molecule has 7 heteroatoms. The van der Waals surface area contributed by atoms with Gasteiger partial charge in [0.05, 0.1) is 16.8 Å². The number of carboxylic acid groups (broad SMARTS) is 1. The van der Waals surface area contributed by atoms with Gasteiger partial charge in [-0.1, -0.05) is 0 Å². The Hall–Kier alpha value is -2.96. The lowest BCUT2D eigenvalue weighted by atomic mass is 10.1. The number of rotatable bonds is 3. The van der Waals surface area contributed by atoms with Gasteiger partial charge in [-0.3, -0.25) is 4.79 Å². The van der Waals surface area contributed by atoms with Crippen LogP contribution < -0.4 is 5.32 Å². The van der Waals surface area contributed by atoms with Crippen molar-refractivity contribution in [1.82, 2.24) is 0 Å². The molecule has 2 aromatic carbocycles. The summed E-state index contributed by atoms with van der Waals surface area (Å²) in [5.74, 6) is -4.42. The van der Waals surface area contributed by atoms with Crippen LogP contribution >= 0.6 is 0 Å². The van der Waals surface area contributed by atoms with E-state index >= 15 is 0 Å². The molecule has 5 nitrogen and oxygen atoms in total. The average Bonchev–Trinajstić information content (AvgIpc) is 2.37. The minimum atomic E-state index is -1.36. The summed E-state index contributed by atoms with van der Waals surface area (Å²) in [5.41, 5.74) is -1.03. The molecule has 1 amide bonds. The number of nitrogens with one attached hydrogen (secondary N) is 1. The lowest BCUT2D eigenvalue weighted by Gasteiger charge is -2.09. The van der Waals surface area contributed by atoms with Crippen LogP contribution in [0.5, 0.6) is 5.75 Å². The summed E-state index contributed by atoms with van der Waals surface area (Å²) >= 11 is 0. The van der Waals surface area contributed by atoms with Gasteiger partial charge < -0.3 is 15.5 Å². The SMILES string of the molecule is O=C(Nc1cc(F)ccc1C(=O)O)c1ccc(O)cc1F. The largest absolute Gasteiger partial charge is 0.508 e. The molecule has 0 aliphatic heterocycles. The fourth-order valence-electron chi connectivity index (χ4n) is 1.68. The van der Waals surface area contributed by atoms with Gasteiger partial charge >= 0.3 is 5.97 Å². The average molecular weight is 293 g/mol. The van der Waals surface area contributed by atoms with Crippen molar-refractivity contribution in [2.45, 2.75) is 0 Å². The molecule has 21 heavy (non-hydrogen) atoms. The molecule has 0 saturated heterocycles. The van der Waals surface area contributed by atoms with E-state index in [1.54, 1.807) is 0 Å². The molecular weight excluding hydrogens is 284 g/mol. The maximum atomic E-state index is 13.5. The molecular formula is C14H9F2NO4. The Balaban J connectivity index is 2.35. The van der Waals surface area contributed by atoms with Crippen LogP contribution in [0.3, 0.4) is 0 Å². The van der Waals surface area contributed by atoms with E-state index in [2.05, 4.69) is 5.32 Å². The highest BCUT2D eigenvalue weighted by Gasteiger charge is 2.17. The van der Waals surface area contributed by atoms with Gasteiger partial charge in [-0.25, -0.2) is 13.6 Å². The number of carboxylic acids is 1. The molecule has 0 bridgehead atoms. The monoisotopic (exact) mass is 293 g/mol. The highest BCUT2D eigenvalue weighted by molar-refractivity contribution is 6.07. The van der Waals surface area contributed by atoms with Gasteiger partial charge in [0.25, 0.3) is 5.91 Å². The smallest absolute Gasteiger partial charge is 0.337 e. The predicted octanol–water partition coefficient (Wildman–Crippen LogP) is 2.62. The molecule has 3 N–H and O–H groups in total. The number of aromatic hydroxyl groups is 1. The van der Waals surface area contributed by atoms with E-state index < -0.39 is 29.1 Å². The van der Waals surface area contributed by atoms with Crippen molar-refractivity contribution >= 4 is 17.6 Å². The zero-order valence-corrected chi connectivity index (χ0v) is 10.4. The number of benzene rings is 2. The Labute approximate surface area is 117 Å². The number of carbonyl (C=O) groups is 2. The van der Waals surface area contributed by atoms with Gasteiger partial charge in [0.2, 0.25) is 0 Å².